The lowest BCUT2D eigenvalue weighted by Crippen LogP contribution is -2.18. The number of anilines is 1. The summed E-state index contributed by atoms with van der Waals surface area (Å²) < 4.78 is 0.911. The van der Waals surface area contributed by atoms with Crippen LogP contribution in [0.2, 0.25) is 5.02 Å². The van der Waals surface area contributed by atoms with E-state index in [0.717, 1.165) is 26.6 Å². The molecule has 0 aliphatic carbocycles. The Bertz CT molecular complexity index is 912. The summed E-state index contributed by atoms with van der Waals surface area (Å²) in [5.74, 6) is 0.416. The van der Waals surface area contributed by atoms with E-state index in [2.05, 4.69) is 20.9 Å². The second kappa shape index (κ2) is 6.79. The van der Waals surface area contributed by atoms with Crippen molar-refractivity contribution in [2.24, 2.45) is 5.73 Å². The van der Waals surface area contributed by atoms with Gasteiger partial charge in [-0.15, -0.1) is 0 Å². The first-order chi connectivity index (χ1) is 11.5. The Balaban J connectivity index is 1.94. The molecule has 0 aliphatic heterocycles. The van der Waals surface area contributed by atoms with Crippen molar-refractivity contribution in [3.05, 3.63) is 69.3 Å². The summed E-state index contributed by atoms with van der Waals surface area (Å²) in [5, 5.41) is 2.62. The van der Waals surface area contributed by atoms with E-state index in [4.69, 9.17) is 17.3 Å². The number of amides is 1. The van der Waals surface area contributed by atoms with E-state index in [1.807, 2.05) is 42.3 Å². The van der Waals surface area contributed by atoms with Crippen LogP contribution in [0, 0.1) is 0 Å². The highest BCUT2D eigenvalue weighted by Crippen LogP contribution is 2.33. The number of nitrogens with zero attached hydrogens (tertiary/aromatic N) is 2. The standard InChI is InChI=1S/C18H15BrClN3O/c1-23(10-11-2-4-12(5-3-11)17(21)24)18-15-8-13(19)9-16(20)14(15)6-7-22-18/h2-9H,10H2,1H3,(H2,21,24). The van der Waals surface area contributed by atoms with Crippen LogP contribution in [0.25, 0.3) is 10.8 Å². The Morgan fingerprint density at radius 2 is 1.92 bits per heavy atom. The first-order valence-corrected chi connectivity index (χ1v) is 8.46. The quantitative estimate of drug-likeness (QED) is 0.702. The fourth-order valence-corrected chi connectivity index (χ4v) is 3.49. The average Bonchev–Trinajstić information content (AvgIpc) is 2.54. The molecule has 1 amide bonds. The molecule has 4 nitrogen and oxygen atoms in total. The predicted molar refractivity (Wildman–Crippen MR) is 102 cm³/mol. The maximum absolute atomic E-state index is 11.2. The van der Waals surface area contributed by atoms with Gasteiger partial charge in [0.1, 0.15) is 5.82 Å². The summed E-state index contributed by atoms with van der Waals surface area (Å²) in [6.07, 6.45) is 1.75. The fourth-order valence-electron chi connectivity index (χ4n) is 2.62. The summed E-state index contributed by atoms with van der Waals surface area (Å²) in [6, 6.07) is 13.0. The van der Waals surface area contributed by atoms with Crippen LogP contribution in [-0.4, -0.2) is 17.9 Å². The Morgan fingerprint density at radius 3 is 2.58 bits per heavy atom. The number of carbonyl (C=O) groups is 1. The van der Waals surface area contributed by atoms with Crippen molar-refractivity contribution in [1.29, 1.82) is 0 Å². The van der Waals surface area contributed by atoms with Crippen LogP contribution in [-0.2, 0) is 6.54 Å². The zero-order chi connectivity index (χ0) is 17.3. The van der Waals surface area contributed by atoms with Gasteiger partial charge in [-0.05, 0) is 35.9 Å². The molecule has 0 saturated heterocycles. The number of benzene rings is 2. The molecule has 0 bridgehead atoms. The van der Waals surface area contributed by atoms with Crippen LogP contribution in [0.3, 0.4) is 0 Å². The van der Waals surface area contributed by atoms with Crippen molar-refractivity contribution < 1.29 is 4.79 Å². The Kier molecular flexibility index (Phi) is 4.73. The van der Waals surface area contributed by atoms with E-state index in [-0.39, 0.29) is 0 Å². The van der Waals surface area contributed by atoms with Gasteiger partial charge in [0.25, 0.3) is 0 Å². The Labute approximate surface area is 153 Å². The van der Waals surface area contributed by atoms with Gasteiger partial charge in [0.05, 0.1) is 0 Å². The normalized spacial score (nSPS) is 10.8. The van der Waals surface area contributed by atoms with E-state index < -0.39 is 5.91 Å². The summed E-state index contributed by atoms with van der Waals surface area (Å²) in [7, 11) is 1.97. The molecule has 2 N–H and O–H groups in total. The molecule has 3 aromatic rings. The zero-order valence-electron chi connectivity index (χ0n) is 13.0. The summed E-state index contributed by atoms with van der Waals surface area (Å²) in [6.45, 7) is 0.648. The molecule has 0 atom stereocenters. The highest BCUT2D eigenvalue weighted by atomic mass is 79.9. The average molecular weight is 405 g/mol. The van der Waals surface area contributed by atoms with Crippen LogP contribution in [0.5, 0.6) is 0 Å². The summed E-state index contributed by atoms with van der Waals surface area (Å²) in [5.41, 5.74) is 6.83. The number of fused-ring (bicyclic) bond motifs is 1. The maximum Gasteiger partial charge on any atom is 0.248 e. The molecule has 0 spiro atoms. The molecule has 2 aromatic carbocycles. The fraction of sp³-hybridized carbons (Fsp3) is 0.111. The molecule has 6 heteroatoms. The van der Waals surface area contributed by atoms with Gasteiger partial charge in [0.15, 0.2) is 0 Å². The molecule has 1 aromatic heterocycles. The third-order valence-electron chi connectivity index (χ3n) is 3.79. The molecular weight excluding hydrogens is 390 g/mol. The van der Waals surface area contributed by atoms with Crippen molar-refractivity contribution in [1.82, 2.24) is 4.98 Å². The van der Waals surface area contributed by atoms with E-state index in [0.29, 0.717) is 17.1 Å². The number of halogens is 2. The van der Waals surface area contributed by atoms with Crippen molar-refractivity contribution >= 4 is 50.0 Å². The number of rotatable bonds is 4. The van der Waals surface area contributed by atoms with Gasteiger partial charge < -0.3 is 10.6 Å². The Morgan fingerprint density at radius 1 is 1.21 bits per heavy atom. The highest BCUT2D eigenvalue weighted by Gasteiger charge is 2.11. The molecule has 0 unspecified atom stereocenters. The SMILES string of the molecule is CN(Cc1ccc(C(N)=O)cc1)c1nccc2c(Cl)cc(Br)cc12. The number of aromatic nitrogens is 1. The number of nitrogens with two attached hydrogens (primary N) is 1. The molecule has 0 saturated carbocycles. The molecule has 0 fully saturated rings. The van der Waals surface area contributed by atoms with Gasteiger partial charge >= 0.3 is 0 Å². The lowest BCUT2D eigenvalue weighted by molar-refractivity contribution is 0.100. The summed E-state index contributed by atoms with van der Waals surface area (Å²) >= 11 is 9.81. The molecule has 0 aliphatic rings. The number of pyridine rings is 1. The van der Waals surface area contributed by atoms with E-state index in [1.54, 1.807) is 18.3 Å². The molecule has 1 heterocycles. The van der Waals surface area contributed by atoms with E-state index in [1.165, 1.54) is 0 Å². The van der Waals surface area contributed by atoms with Gasteiger partial charge in [0.2, 0.25) is 5.91 Å². The summed E-state index contributed by atoms with van der Waals surface area (Å²) in [4.78, 5) is 17.7. The van der Waals surface area contributed by atoms with Crippen LogP contribution >= 0.6 is 27.5 Å². The number of hydrogen-bond donors (Lipinski definition) is 1. The topological polar surface area (TPSA) is 59.2 Å². The van der Waals surface area contributed by atoms with Gasteiger partial charge in [-0.25, -0.2) is 4.98 Å². The maximum atomic E-state index is 11.2. The highest BCUT2D eigenvalue weighted by molar-refractivity contribution is 9.10. The number of carbonyl (C=O) groups excluding carboxylic acids is 1. The third-order valence-corrected chi connectivity index (χ3v) is 4.56. The van der Waals surface area contributed by atoms with Crippen LogP contribution in [0.4, 0.5) is 5.82 Å². The minimum absolute atomic E-state index is 0.426. The van der Waals surface area contributed by atoms with Crippen LogP contribution < -0.4 is 10.6 Å². The zero-order valence-corrected chi connectivity index (χ0v) is 15.3. The second-order valence-electron chi connectivity index (χ2n) is 5.53. The minimum Gasteiger partial charge on any atom is -0.366 e. The number of primary amides is 1. The minimum atomic E-state index is -0.426. The largest absolute Gasteiger partial charge is 0.366 e. The van der Waals surface area contributed by atoms with Crippen molar-refractivity contribution in [2.75, 3.05) is 11.9 Å². The van der Waals surface area contributed by atoms with Crippen molar-refractivity contribution in [2.45, 2.75) is 6.54 Å². The first-order valence-electron chi connectivity index (χ1n) is 7.29. The molecular formula is C18H15BrClN3O. The van der Waals surface area contributed by atoms with Crippen molar-refractivity contribution in [3.8, 4) is 0 Å². The lowest BCUT2D eigenvalue weighted by atomic mass is 10.1. The van der Waals surface area contributed by atoms with Crippen LogP contribution in [0.1, 0.15) is 15.9 Å². The molecule has 122 valence electrons. The van der Waals surface area contributed by atoms with E-state index >= 15 is 0 Å². The van der Waals surface area contributed by atoms with Gasteiger partial charge in [0, 0.05) is 45.6 Å². The van der Waals surface area contributed by atoms with Crippen molar-refractivity contribution in [3.63, 3.8) is 0 Å². The third kappa shape index (κ3) is 3.37. The second-order valence-corrected chi connectivity index (χ2v) is 6.86. The molecule has 0 radical (unpaired) electrons. The van der Waals surface area contributed by atoms with Gasteiger partial charge in [-0.1, -0.05) is 39.7 Å². The van der Waals surface area contributed by atoms with E-state index in [9.17, 15) is 4.79 Å². The molecule has 24 heavy (non-hydrogen) atoms. The van der Waals surface area contributed by atoms with Crippen LogP contribution in [0.15, 0.2) is 53.1 Å². The smallest absolute Gasteiger partial charge is 0.248 e. The van der Waals surface area contributed by atoms with Gasteiger partial charge in [-0.2, -0.15) is 0 Å². The monoisotopic (exact) mass is 403 g/mol. The number of hydrogen-bond acceptors (Lipinski definition) is 3. The predicted octanol–water partition coefficient (Wildman–Crippen LogP) is 4.39. The first kappa shape index (κ1) is 16.7. The Hall–Kier alpha value is -2.11. The van der Waals surface area contributed by atoms with Gasteiger partial charge in [-0.3, -0.25) is 4.79 Å². The lowest BCUT2D eigenvalue weighted by Gasteiger charge is -2.20. The molecule has 3 rings (SSSR count).